The standard InChI is InChI=1S/C39H65N3O8/c1-8-32(44)29(5)37-34(48-37)25-39(6,47)17-9-10-27(3)36-28(4)12-14-33(26(2)11-13-31(43)24-35(45)50-36)49-38(46)42-22-20-41(21-23-42)30-15-18-40(7)19-16-30/h9-10,12,14,17,26,28-34,36-37,43-44,47H,8,11,13,15-16,18-25H2,1-7H3. The average Bonchev–Trinajstić information content (AvgIpc) is 3.84. The van der Waals surface area contributed by atoms with Crippen molar-refractivity contribution in [3.05, 3.63) is 36.0 Å². The van der Waals surface area contributed by atoms with Crippen molar-refractivity contribution in [1.82, 2.24) is 14.7 Å². The Morgan fingerprint density at radius 3 is 2.44 bits per heavy atom. The summed E-state index contributed by atoms with van der Waals surface area (Å²) in [5.74, 6) is -0.773. The number of nitrogens with zero attached hydrogens (tertiary/aromatic N) is 3. The number of epoxide rings is 1. The third-order valence-corrected chi connectivity index (χ3v) is 11.3. The molecule has 10 unspecified atom stereocenters. The molecule has 0 saturated carbocycles. The highest BCUT2D eigenvalue weighted by atomic mass is 16.6. The van der Waals surface area contributed by atoms with Crippen molar-refractivity contribution >= 4 is 12.1 Å². The van der Waals surface area contributed by atoms with Crippen LogP contribution in [-0.4, -0.2) is 137 Å². The van der Waals surface area contributed by atoms with Gasteiger partial charge in [0, 0.05) is 50.5 Å². The van der Waals surface area contributed by atoms with Crippen LogP contribution in [0.3, 0.4) is 0 Å². The quantitative estimate of drug-likeness (QED) is 0.131. The fourth-order valence-electron chi connectivity index (χ4n) is 7.62. The van der Waals surface area contributed by atoms with Crippen LogP contribution < -0.4 is 0 Å². The maximum Gasteiger partial charge on any atom is 0.410 e. The summed E-state index contributed by atoms with van der Waals surface area (Å²) in [6.45, 7) is 16.7. The minimum Gasteiger partial charge on any atom is -0.457 e. The summed E-state index contributed by atoms with van der Waals surface area (Å²) in [6.07, 6.45) is 10.6. The van der Waals surface area contributed by atoms with Crippen LogP contribution in [0.1, 0.15) is 86.5 Å². The Hall–Kier alpha value is -2.28. The predicted molar refractivity (Wildman–Crippen MR) is 193 cm³/mol. The number of esters is 1. The molecule has 50 heavy (non-hydrogen) atoms. The lowest BCUT2D eigenvalue weighted by Gasteiger charge is -2.42. The van der Waals surface area contributed by atoms with E-state index in [1.165, 1.54) is 12.8 Å². The van der Waals surface area contributed by atoms with E-state index < -0.39 is 36.0 Å². The van der Waals surface area contributed by atoms with Crippen molar-refractivity contribution in [2.75, 3.05) is 46.3 Å². The topological polar surface area (TPSA) is 136 Å². The van der Waals surface area contributed by atoms with Crippen LogP contribution in [0.15, 0.2) is 36.0 Å². The number of allylic oxidation sites excluding steroid dienone is 2. The van der Waals surface area contributed by atoms with Crippen molar-refractivity contribution in [2.24, 2.45) is 17.8 Å². The molecule has 4 aliphatic heterocycles. The average molecular weight is 704 g/mol. The molecular weight excluding hydrogens is 638 g/mol. The molecule has 0 aliphatic carbocycles. The van der Waals surface area contributed by atoms with E-state index in [2.05, 4.69) is 16.8 Å². The predicted octanol–water partition coefficient (Wildman–Crippen LogP) is 4.31. The summed E-state index contributed by atoms with van der Waals surface area (Å²) in [6, 6.07) is 0.579. The molecule has 4 aliphatic rings. The van der Waals surface area contributed by atoms with Crippen molar-refractivity contribution < 1.29 is 39.1 Å². The van der Waals surface area contributed by atoms with Crippen molar-refractivity contribution in [1.29, 1.82) is 0 Å². The van der Waals surface area contributed by atoms with Gasteiger partial charge in [-0.05, 0) is 83.7 Å². The normalized spacial score (nSPS) is 34.0. The van der Waals surface area contributed by atoms with Crippen LogP contribution in [0.5, 0.6) is 0 Å². The zero-order valence-corrected chi connectivity index (χ0v) is 31.6. The smallest absolute Gasteiger partial charge is 0.410 e. The molecule has 0 spiro atoms. The number of ether oxygens (including phenoxy) is 3. The molecule has 4 rings (SSSR count). The van der Waals surface area contributed by atoms with Crippen LogP contribution in [0.2, 0.25) is 0 Å². The summed E-state index contributed by atoms with van der Waals surface area (Å²) >= 11 is 0. The molecule has 0 aromatic rings. The highest BCUT2D eigenvalue weighted by Gasteiger charge is 2.47. The highest BCUT2D eigenvalue weighted by molar-refractivity contribution is 5.70. The van der Waals surface area contributed by atoms with Gasteiger partial charge in [-0.3, -0.25) is 9.69 Å². The van der Waals surface area contributed by atoms with E-state index in [1.54, 1.807) is 19.1 Å². The molecule has 1 amide bonds. The maximum absolute atomic E-state index is 13.4. The van der Waals surface area contributed by atoms with Crippen LogP contribution >= 0.6 is 0 Å². The molecule has 0 bridgehead atoms. The number of aliphatic hydroxyl groups excluding tert-OH is 2. The molecule has 284 valence electrons. The van der Waals surface area contributed by atoms with Gasteiger partial charge in [0.2, 0.25) is 0 Å². The number of piperidine rings is 1. The van der Waals surface area contributed by atoms with E-state index >= 15 is 0 Å². The van der Waals surface area contributed by atoms with Crippen LogP contribution in [-0.2, 0) is 19.0 Å². The summed E-state index contributed by atoms with van der Waals surface area (Å²) in [5, 5.41) is 31.9. The minimum absolute atomic E-state index is 0.00598. The van der Waals surface area contributed by atoms with Gasteiger partial charge in [0.25, 0.3) is 0 Å². The van der Waals surface area contributed by atoms with Gasteiger partial charge in [-0.2, -0.15) is 0 Å². The lowest BCUT2D eigenvalue weighted by atomic mass is 9.91. The summed E-state index contributed by atoms with van der Waals surface area (Å²) in [5.41, 5.74) is -0.350. The molecule has 0 aromatic carbocycles. The second-order valence-electron chi connectivity index (χ2n) is 15.8. The molecule has 0 aromatic heterocycles. The van der Waals surface area contributed by atoms with Crippen molar-refractivity contribution in [2.45, 2.75) is 135 Å². The van der Waals surface area contributed by atoms with Gasteiger partial charge >= 0.3 is 12.1 Å². The number of likely N-dealkylation sites (tertiary alicyclic amines) is 1. The number of carbonyl (C=O) groups excluding carboxylic acids is 2. The van der Waals surface area contributed by atoms with Gasteiger partial charge in [0.05, 0.1) is 36.4 Å². The van der Waals surface area contributed by atoms with E-state index in [-0.39, 0.29) is 42.5 Å². The van der Waals surface area contributed by atoms with Gasteiger partial charge in [-0.1, -0.05) is 52.0 Å². The first-order chi connectivity index (χ1) is 23.7. The molecule has 3 saturated heterocycles. The summed E-state index contributed by atoms with van der Waals surface area (Å²) < 4.78 is 17.8. The van der Waals surface area contributed by atoms with E-state index in [0.29, 0.717) is 44.8 Å². The minimum atomic E-state index is -1.13. The SMILES string of the molecule is CCC(O)C(C)C1OC1CC(C)(O)C=CC=C(C)C1OC(=O)CC(O)CCC(C)C(OC(=O)N2CCN(C3CCN(C)CC3)CC2)C=CC1C. The monoisotopic (exact) mass is 703 g/mol. The zero-order chi connectivity index (χ0) is 36.6. The first-order valence-electron chi connectivity index (χ1n) is 19.0. The maximum atomic E-state index is 13.4. The summed E-state index contributed by atoms with van der Waals surface area (Å²) in [7, 11) is 2.17. The number of cyclic esters (lactones) is 1. The lowest BCUT2D eigenvalue weighted by Crippen LogP contribution is -2.54. The Balaban J connectivity index is 1.38. The Labute approximate surface area is 300 Å². The highest BCUT2D eigenvalue weighted by Crippen LogP contribution is 2.37. The van der Waals surface area contributed by atoms with E-state index in [4.69, 9.17) is 14.2 Å². The first kappa shape index (κ1) is 40.5. The molecule has 0 radical (unpaired) electrons. The number of carbonyl (C=O) groups is 2. The van der Waals surface area contributed by atoms with Gasteiger partial charge in [0.15, 0.2) is 0 Å². The Morgan fingerprint density at radius 1 is 1.10 bits per heavy atom. The van der Waals surface area contributed by atoms with E-state index in [9.17, 15) is 24.9 Å². The summed E-state index contributed by atoms with van der Waals surface area (Å²) in [4.78, 5) is 33.0. The second kappa shape index (κ2) is 18.5. The van der Waals surface area contributed by atoms with Gasteiger partial charge < -0.3 is 39.3 Å². The Bertz CT molecular complexity index is 1190. The van der Waals surface area contributed by atoms with Gasteiger partial charge in [-0.15, -0.1) is 0 Å². The molecule has 3 N–H and O–H groups in total. The number of piperazine rings is 1. The number of aliphatic hydroxyl groups is 3. The molecule has 10 atom stereocenters. The Kier molecular flexibility index (Phi) is 15.0. The lowest BCUT2D eigenvalue weighted by molar-refractivity contribution is -0.151. The molecule has 4 heterocycles. The molecule has 11 nitrogen and oxygen atoms in total. The molecule has 11 heteroatoms. The van der Waals surface area contributed by atoms with Gasteiger partial charge in [0.1, 0.15) is 12.2 Å². The zero-order valence-electron chi connectivity index (χ0n) is 31.6. The van der Waals surface area contributed by atoms with Crippen LogP contribution in [0, 0.1) is 17.8 Å². The fraction of sp³-hybridized carbons (Fsp3) is 0.795. The van der Waals surface area contributed by atoms with Gasteiger partial charge in [-0.25, -0.2) is 4.79 Å². The number of hydrogen-bond donors (Lipinski definition) is 3. The number of amides is 1. The number of hydrogen-bond acceptors (Lipinski definition) is 10. The van der Waals surface area contributed by atoms with E-state index in [1.807, 2.05) is 57.7 Å². The second-order valence-corrected chi connectivity index (χ2v) is 15.8. The third kappa shape index (κ3) is 11.9. The molecular formula is C39H65N3O8. The van der Waals surface area contributed by atoms with E-state index in [0.717, 1.165) is 31.8 Å². The third-order valence-electron chi connectivity index (χ3n) is 11.3. The van der Waals surface area contributed by atoms with Crippen LogP contribution in [0.25, 0.3) is 0 Å². The number of rotatable bonds is 10. The molecule has 3 fully saturated rings. The Morgan fingerprint density at radius 2 is 1.78 bits per heavy atom. The van der Waals surface area contributed by atoms with Crippen molar-refractivity contribution in [3.8, 4) is 0 Å². The van der Waals surface area contributed by atoms with Crippen LogP contribution in [0.4, 0.5) is 4.79 Å². The first-order valence-corrected chi connectivity index (χ1v) is 19.0. The fourth-order valence-corrected chi connectivity index (χ4v) is 7.62. The van der Waals surface area contributed by atoms with Crippen molar-refractivity contribution in [3.63, 3.8) is 0 Å². The largest absolute Gasteiger partial charge is 0.457 e.